The minimum atomic E-state index is 1.14. The van der Waals surface area contributed by atoms with Gasteiger partial charge in [0.05, 0.1) is 0 Å². The molecule has 0 radical (unpaired) electrons. The van der Waals surface area contributed by atoms with Crippen molar-refractivity contribution in [2.24, 2.45) is 0 Å². The van der Waals surface area contributed by atoms with Gasteiger partial charge in [-0.1, -0.05) is 38.5 Å². The Bertz CT molecular complexity index is 186. The quantitative estimate of drug-likeness (QED) is 0.635. The molecule has 0 saturated carbocycles. The van der Waals surface area contributed by atoms with E-state index in [1.807, 2.05) is 13.8 Å². The van der Waals surface area contributed by atoms with E-state index in [9.17, 15) is 0 Å². The van der Waals surface area contributed by atoms with E-state index in [1.54, 1.807) is 0 Å². The Morgan fingerprint density at radius 1 is 1.07 bits per heavy atom. The topological polar surface area (TPSA) is 3.24 Å². The van der Waals surface area contributed by atoms with Crippen molar-refractivity contribution >= 4 is 0 Å². The Morgan fingerprint density at radius 3 is 2.13 bits per heavy atom. The number of piperidine rings is 1. The second kappa shape index (κ2) is 9.97. The maximum Gasteiger partial charge on any atom is 0.0230 e. The van der Waals surface area contributed by atoms with Gasteiger partial charge >= 0.3 is 0 Å². The molecule has 0 bridgehead atoms. The molecule has 0 N–H and O–H groups in total. The van der Waals surface area contributed by atoms with Crippen LogP contribution < -0.4 is 0 Å². The smallest absolute Gasteiger partial charge is 0.0230 e. The van der Waals surface area contributed by atoms with Crippen molar-refractivity contribution in [3.63, 3.8) is 0 Å². The fourth-order valence-electron chi connectivity index (χ4n) is 1.83. The zero-order valence-corrected chi connectivity index (χ0v) is 10.9. The molecule has 1 aliphatic rings. The predicted octanol–water partition coefficient (Wildman–Crippen LogP) is 4.02. The van der Waals surface area contributed by atoms with Gasteiger partial charge in [0.15, 0.2) is 0 Å². The van der Waals surface area contributed by atoms with Crippen LogP contribution >= 0.6 is 0 Å². The summed E-state index contributed by atoms with van der Waals surface area (Å²) in [5.41, 5.74) is 1.45. The molecule has 0 spiro atoms. The summed E-state index contributed by atoms with van der Waals surface area (Å²) >= 11 is 0. The second-order valence-corrected chi connectivity index (χ2v) is 3.70. The van der Waals surface area contributed by atoms with Crippen LogP contribution in [0, 0.1) is 0 Å². The third-order valence-corrected chi connectivity index (χ3v) is 2.61. The molecular formula is C14H27N. The van der Waals surface area contributed by atoms with E-state index >= 15 is 0 Å². The lowest BCUT2D eigenvalue weighted by atomic mass is 10.1. The average Bonchev–Trinajstić information content (AvgIpc) is 2.32. The molecule has 0 aromatic carbocycles. The van der Waals surface area contributed by atoms with Crippen LogP contribution in [-0.4, -0.2) is 24.5 Å². The highest BCUT2D eigenvalue weighted by Gasteiger charge is 2.09. The highest BCUT2D eigenvalue weighted by atomic mass is 15.1. The van der Waals surface area contributed by atoms with Crippen LogP contribution in [0.5, 0.6) is 0 Å². The molecule has 0 atom stereocenters. The van der Waals surface area contributed by atoms with Crippen molar-refractivity contribution in [2.75, 3.05) is 19.6 Å². The molecule has 88 valence electrons. The van der Waals surface area contributed by atoms with Gasteiger partial charge in [-0.05, 0) is 45.4 Å². The number of rotatable bonds is 3. The first-order chi connectivity index (χ1) is 7.36. The highest BCUT2D eigenvalue weighted by molar-refractivity contribution is 5.19. The summed E-state index contributed by atoms with van der Waals surface area (Å²) in [6.45, 7) is 11.9. The largest absolute Gasteiger partial charge is 0.299 e. The van der Waals surface area contributed by atoms with E-state index < -0.39 is 0 Å². The second-order valence-electron chi connectivity index (χ2n) is 3.70. The Hall–Kier alpha value is -0.560. The van der Waals surface area contributed by atoms with Crippen molar-refractivity contribution in [1.82, 2.24) is 4.90 Å². The van der Waals surface area contributed by atoms with Crippen molar-refractivity contribution in [3.05, 3.63) is 23.8 Å². The molecule has 1 fully saturated rings. The number of nitrogens with zero attached hydrogens (tertiary/aromatic N) is 1. The SMILES string of the molecule is C/C=C\C(=C/C)CN1CCCCC1.CC. The van der Waals surface area contributed by atoms with Gasteiger partial charge in [-0.25, -0.2) is 0 Å². The molecule has 1 saturated heterocycles. The van der Waals surface area contributed by atoms with Gasteiger partial charge in [-0.15, -0.1) is 0 Å². The molecule has 0 aromatic rings. The summed E-state index contributed by atoms with van der Waals surface area (Å²) in [7, 11) is 0. The van der Waals surface area contributed by atoms with Crippen molar-refractivity contribution in [2.45, 2.75) is 47.0 Å². The zero-order valence-electron chi connectivity index (χ0n) is 10.9. The molecule has 1 nitrogen and oxygen atoms in total. The highest BCUT2D eigenvalue weighted by Crippen LogP contribution is 2.11. The molecule has 1 heterocycles. The standard InChI is InChI=1S/C12H21N.C2H6/c1-3-8-12(4-2)11-13-9-6-5-7-10-13;1-2/h3-4,8H,5-7,9-11H2,1-2H3;1-2H3/b8-3-,12-4+;. The molecule has 0 amide bonds. The summed E-state index contributed by atoms with van der Waals surface area (Å²) in [5.74, 6) is 0. The minimum absolute atomic E-state index is 1.14. The summed E-state index contributed by atoms with van der Waals surface area (Å²) in [4.78, 5) is 2.55. The molecule has 0 aliphatic carbocycles. The fourth-order valence-corrected chi connectivity index (χ4v) is 1.83. The molecule has 1 aliphatic heterocycles. The lowest BCUT2D eigenvalue weighted by Crippen LogP contribution is -2.31. The van der Waals surface area contributed by atoms with Crippen LogP contribution in [0.4, 0.5) is 0 Å². The van der Waals surface area contributed by atoms with Crippen molar-refractivity contribution < 1.29 is 0 Å². The molecular weight excluding hydrogens is 182 g/mol. The van der Waals surface area contributed by atoms with Crippen LogP contribution in [-0.2, 0) is 0 Å². The number of hydrogen-bond acceptors (Lipinski definition) is 1. The van der Waals surface area contributed by atoms with Crippen molar-refractivity contribution in [3.8, 4) is 0 Å². The van der Waals surface area contributed by atoms with E-state index in [2.05, 4.69) is 37.0 Å². The van der Waals surface area contributed by atoms with Crippen molar-refractivity contribution in [1.29, 1.82) is 0 Å². The first-order valence-electron chi connectivity index (χ1n) is 6.37. The molecule has 1 heteroatoms. The number of allylic oxidation sites excluding steroid dienone is 2. The normalized spacial score (nSPS) is 18.8. The average molecular weight is 209 g/mol. The summed E-state index contributed by atoms with van der Waals surface area (Å²) in [6, 6.07) is 0. The molecule has 0 unspecified atom stereocenters. The van der Waals surface area contributed by atoms with Gasteiger partial charge in [0.2, 0.25) is 0 Å². The van der Waals surface area contributed by atoms with Gasteiger partial charge in [-0.2, -0.15) is 0 Å². The molecule has 15 heavy (non-hydrogen) atoms. The van der Waals surface area contributed by atoms with E-state index in [0.29, 0.717) is 0 Å². The molecule has 0 aromatic heterocycles. The predicted molar refractivity (Wildman–Crippen MR) is 70.2 cm³/mol. The lowest BCUT2D eigenvalue weighted by molar-refractivity contribution is 0.248. The minimum Gasteiger partial charge on any atom is -0.299 e. The Balaban J connectivity index is 0.000000921. The zero-order chi connectivity index (χ0) is 11.5. The molecule has 1 rings (SSSR count). The maximum absolute atomic E-state index is 2.55. The van der Waals surface area contributed by atoms with Crippen LogP contribution in [0.3, 0.4) is 0 Å². The summed E-state index contributed by atoms with van der Waals surface area (Å²) in [6.07, 6.45) is 10.7. The monoisotopic (exact) mass is 209 g/mol. The number of hydrogen-bond donors (Lipinski definition) is 0. The van der Waals surface area contributed by atoms with E-state index in [0.717, 1.165) is 6.54 Å². The first-order valence-corrected chi connectivity index (χ1v) is 6.37. The maximum atomic E-state index is 2.55. The van der Waals surface area contributed by atoms with E-state index in [1.165, 1.54) is 37.9 Å². The van der Waals surface area contributed by atoms with Gasteiger partial charge in [0, 0.05) is 6.54 Å². The Morgan fingerprint density at radius 2 is 1.67 bits per heavy atom. The lowest BCUT2D eigenvalue weighted by Gasteiger charge is -2.26. The third-order valence-electron chi connectivity index (χ3n) is 2.61. The van der Waals surface area contributed by atoms with Crippen LogP contribution in [0.1, 0.15) is 47.0 Å². The van der Waals surface area contributed by atoms with Gasteiger partial charge in [-0.3, -0.25) is 4.90 Å². The summed E-state index contributed by atoms with van der Waals surface area (Å²) < 4.78 is 0. The Kier molecular flexibility index (Phi) is 9.60. The Labute approximate surface area is 95.9 Å². The third kappa shape index (κ3) is 6.51. The van der Waals surface area contributed by atoms with Crippen LogP contribution in [0.2, 0.25) is 0 Å². The fraction of sp³-hybridized carbons (Fsp3) is 0.714. The van der Waals surface area contributed by atoms with Gasteiger partial charge < -0.3 is 0 Å². The summed E-state index contributed by atoms with van der Waals surface area (Å²) in [5, 5.41) is 0. The van der Waals surface area contributed by atoms with Crippen LogP contribution in [0.25, 0.3) is 0 Å². The van der Waals surface area contributed by atoms with Gasteiger partial charge in [0.25, 0.3) is 0 Å². The van der Waals surface area contributed by atoms with E-state index in [4.69, 9.17) is 0 Å². The van der Waals surface area contributed by atoms with Crippen LogP contribution in [0.15, 0.2) is 23.8 Å². The first kappa shape index (κ1) is 14.4. The van der Waals surface area contributed by atoms with E-state index in [-0.39, 0.29) is 0 Å². The van der Waals surface area contributed by atoms with Gasteiger partial charge in [0.1, 0.15) is 0 Å². The number of likely N-dealkylation sites (tertiary alicyclic amines) is 1.